The normalized spacial score (nSPS) is 12.8. The number of pyridine rings is 1. The van der Waals surface area contributed by atoms with Gasteiger partial charge in [-0.1, -0.05) is 16.9 Å². The second-order valence-corrected chi connectivity index (χ2v) is 10.3. The summed E-state index contributed by atoms with van der Waals surface area (Å²) in [5, 5.41) is 34.9. The number of nitrogens with one attached hydrogen (secondary N) is 2. The van der Waals surface area contributed by atoms with Crippen molar-refractivity contribution in [2.75, 3.05) is 25.4 Å². The lowest BCUT2D eigenvalue weighted by Gasteiger charge is -2.14. The number of carbonyl (C=O) groups excluding carboxylic acids is 2. The van der Waals surface area contributed by atoms with Crippen molar-refractivity contribution < 1.29 is 24.9 Å². The highest BCUT2D eigenvalue weighted by Crippen LogP contribution is 2.28. The molecule has 2 unspecified atom stereocenters. The SMILES string of the molecule is O=C(CCCNC(=O)c1ccc2nc(CC(O)C(O)CO)cnc2c1)NCCSSc1ccccn1. The first-order chi connectivity index (χ1) is 17.5. The molecule has 0 spiro atoms. The number of nitrogens with zero attached hydrogens (tertiary/aromatic N) is 3. The third-order valence-corrected chi connectivity index (χ3v) is 7.33. The highest BCUT2D eigenvalue weighted by Gasteiger charge is 2.17. The molecule has 0 radical (unpaired) electrons. The van der Waals surface area contributed by atoms with Gasteiger partial charge in [0.1, 0.15) is 11.1 Å². The molecule has 0 aliphatic heterocycles. The average molecular weight is 532 g/mol. The number of aliphatic hydroxyl groups excluding tert-OH is 3. The van der Waals surface area contributed by atoms with Gasteiger partial charge in [0.15, 0.2) is 0 Å². The standard InChI is InChI=1S/C24H29N5O5S2/c30-15-21(32)20(31)13-17-14-28-19-12-16(6-7-18(19)29-17)24(34)27-9-3-4-22(33)25-10-11-35-36-23-5-1-2-8-26-23/h1-2,5-8,12,14,20-21,30-32H,3-4,9-11,13,15H2,(H,25,33)(H,27,34). The van der Waals surface area contributed by atoms with Crippen molar-refractivity contribution in [1.82, 2.24) is 25.6 Å². The zero-order valence-electron chi connectivity index (χ0n) is 19.5. The number of benzene rings is 1. The quantitative estimate of drug-likeness (QED) is 0.152. The first-order valence-corrected chi connectivity index (χ1v) is 13.8. The smallest absolute Gasteiger partial charge is 0.251 e. The minimum absolute atomic E-state index is 0.0451. The summed E-state index contributed by atoms with van der Waals surface area (Å²) in [4.78, 5) is 37.3. The first kappa shape index (κ1) is 27.8. The highest BCUT2D eigenvalue weighted by molar-refractivity contribution is 8.76. The second kappa shape index (κ2) is 14.7. The van der Waals surface area contributed by atoms with Crippen LogP contribution < -0.4 is 10.6 Å². The Morgan fingerprint density at radius 3 is 2.64 bits per heavy atom. The van der Waals surface area contributed by atoms with E-state index in [1.54, 1.807) is 46.0 Å². The van der Waals surface area contributed by atoms with E-state index in [0.29, 0.717) is 48.2 Å². The molecule has 0 aliphatic carbocycles. The summed E-state index contributed by atoms with van der Waals surface area (Å²) in [6, 6.07) is 10.6. The summed E-state index contributed by atoms with van der Waals surface area (Å²) in [5.41, 5.74) is 1.95. The molecule has 10 nitrogen and oxygen atoms in total. The zero-order chi connectivity index (χ0) is 25.8. The molecule has 192 valence electrons. The Bertz CT molecular complexity index is 1140. The van der Waals surface area contributed by atoms with E-state index < -0.39 is 18.8 Å². The van der Waals surface area contributed by atoms with Crippen LogP contribution in [0.2, 0.25) is 0 Å². The van der Waals surface area contributed by atoms with E-state index in [-0.39, 0.29) is 18.2 Å². The average Bonchev–Trinajstić information content (AvgIpc) is 2.90. The van der Waals surface area contributed by atoms with E-state index in [0.717, 1.165) is 10.8 Å². The maximum atomic E-state index is 12.5. The maximum Gasteiger partial charge on any atom is 0.251 e. The summed E-state index contributed by atoms with van der Waals surface area (Å²) in [6.07, 6.45) is 1.70. The molecule has 0 aliphatic rings. The molecule has 0 fully saturated rings. The van der Waals surface area contributed by atoms with Crippen molar-refractivity contribution in [3.05, 3.63) is 60.0 Å². The number of hydrogen-bond donors (Lipinski definition) is 5. The van der Waals surface area contributed by atoms with Crippen molar-refractivity contribution in [1.29, 1.82) is 0 Å². The van der Waals surface area contributed by atoms with Crippen molar-refractivity contribution in [2.24, 2.45) is 0 Å². The molecule has 2 amide bonds. The van der Waals surface area contributed by atoms with Crippen LogP contribution in [-0.4, -0.2) is 79.7 Å². The summed E-state index contributed by atoms with van der Waals surface area (Å²) < 4.78 is 0. The first-order valence-electron chi connectivity index (χ1n) is 11.4. The van der Waals surface area contributed by atoms with Crippen molar-refractivity contribution in [2.45, 2.75) is 36.5 Å². The Morgan fingerprint density at radius 1 is 1.00 bits per heavy atom. The van der Waals surface area contributed by atoms with Gasteiger partial charge in [0, 0.05) is 49.6 Å². The van der Waals surface area contributed by atoms with Gasteiger partial charge in [-0.15, -0.1) is 0 Å². The number of rotatable bonds is 14. The number of hydrogen-bond acceptors (Lipinski definition) is 10. The molecule has 0 bridgehead atoms. The fourth-order valence-electron chi connectivity index (χ4n) is 3.13. The van der Waals surface area contributed by atoms with Gasteiger partial charge in [-0.25, -0.2) is 9.97 Å². The Balaban J connectivity index is 1.35. The predicted octanol–water partition coefficient (Wildman–Crippen LogP) is 1.35. The van der Waals surface area contributed by atoms with Crippen LogP contribution in [0.1, 0.15) is 28.9 Å². The van der Waals surface area contributed by atoms with Gasteiger partial charge in [0.2, 0.25) is 5.91 Å². The van der Waals surface area contributed by atoms with Crippen LogP contribution >= 0.6 is 21.6 Å². The lowest BCUT2D eigenvalue weighted by Crippen LogP contribution is -2.31. The molecule has 5 N–H and O–H groups in total. The minimum Gasteiger partial charge on any atom is -0.394 e. The molecule has 0 saturated carbocycles. The lowest BCUT2D eigenvalue weighted by atomic mass is 10.1. The summed E-state index contributed by atoms with van der Waals surface area (Å²) in [7, 11) is 3.20. The minimum atomic E-state index is -1.25. The molecule has 36 heavy (non-hydrogen) atoms. The fourth-order valence-corrected chi connectivity index (χ4v) is 4.92. The third kappa shape index (κ3) is 9.03. The van der Waals surface area contributed by atoms with Crippen molar-refractivity contribution in [3.8, 4) is 0 Å². The maximum absolute atomic E-state index is 12.5. The molecular formula is C24H29N5O5S2. The van der Waals surface area contributed by atoms with E-state index in [2.05, 4.69) is 25.6 Å². The molecule has 0 saturated heterocycles. The van der Waals surface area contributed by atoms with Crippen molar-refractivity contribution in [3.63, 3.8) is 0 Å². The van der Waals surface area contributed by atoms with Gasteiger partial charge in [-0.3, -0.25) is 14.6 Å². The monoisotopic (exact) mass is 531 g/mol. The van der Waals surface area contributed by atoms with E-state index in [1.165, 1.54) is 6.20 Å². The molecule has 2 heterocycles. The lowest BCUT2D eigenvalue weighted by molar-refractivity contribution is -0.121. The Morgan fingerprint density at radius 2 is 1.86 bits per heavy atom. The predicted molar refractivity (Wildman–Crippen MR) is 139 cm³/mol. The van der Waals surface area contributed by atoms with E-state index in [9.17, 15) is 19.8 Å². The largest absolute Gasteiger partial charge is 0.394 e. The summed E-state index contributed by atoms with van der Waals surface area (Å²) >= 11 is 0. The number of aromatic nitrogens is 3. The summed E-state index contributed by atoms with van der Waals surface area (Å²) in [6.45, 7) is 0.387. The number of carbonyl (C=O) groups is 2. The Hall–Kier alpha value is -2.77. The Kier molecular flexibility index (Phi) is 11.4. The van der Waals surface area contributed by atoms with Crippen LogP contribution in [0, 0.1) is 0 Å². The topological polar surface area (TPSA) is 158 Å². The van der Waals surface area contributed by atoms with E-state index >= 15 is 0 Å². The van der Waals surface area contributed by atoms with Crippen LogP contribution in [0.3, 0.4) is 0 Å². The molecule has 12 heteroatoms. The number of fused-ring (bicyclic) bond motifs is 1. The van der Waals surface area contributed by atoms with Crippen LogP contribution in [0.15, 0.2) is 53.8 Å². The molecule has 2 atom stereocenters. The molecular weight excluding hydrogens is 502 g/mol. The van der Waals surface area contributed by atoms with Gasteiger partial charge in [-0.05, 0) is 47.5 Å². The second-order valence-electron chi connectivity index (χ2n) is 7.87. The third-order valence-electron chi connectivity index (χ3n) is 5.06. The number of aliphatic hydroxyl groups is 3. The van der Waals surface area contributed by atoms with Gasteiger partial charge >= 0.3 is 0 Å². The van der Waals surface area contributed by atoms with Crippen LogP contribution in [0.25, 0.3) is 11.0 Å². The molecule has 3 rings (SSSR count). The summed E-state index contributed by atoms with van der Waals surface area (Å²) in [5.74, 6) is 0.440. The van der Waals surface area contributed by atoms with Gasteiger partial charge in [0.05, 0.1) is 29.4 Å². The highest BCUT2D eigenvalue weighted by atomic mass is 33.1. The van der Waals surface area contributed by atoms with E-state index in [4.69, 9.17) is 5.11 Å². The zero-order valence-corrected chi connectivity index (χ0v) is 21.2. The molecule has 1 aromatic carbocycles. The van der Waals surface area contributed by atoms with Crippen molar-refractivity contribution >= 4 is 44.4 Å². The van der Waals surface area contributed by atoms with E-state index in [1.807, 2.05) is 18.2 Å². The number of amides is 2. The molecule has 2 aromatic heterocycles. The van der Waals surface area contributed by atoms with Crippen LogP contribution in [0.5, 0.6) is 0 Å². The van der Waals surface area contributed by atoms with Gasteiger partial charge in [0.25, 0.3) is 5.91 Å². The molecule has 3 aromatic rings. The van der Waals surface area contributed by atoms with Crippen LogP contribution in [-0.2, 0) is 11.2 Å². The van der Waals surface area contributed by atoms with Gasteiger partial charge < -0.3 is 26.0 Å². The fraction of sp³-hybridized carbons (Fsp3) is 0.375. The van der Waals surface area contributed by atoms with Crippen LogP contribution in [0.4, 0.5) is 0 Å². The van der Waals surface area contributed by atoms with Gasteiger partial charge in [-0.2, -0.15) is 0 Å². The Labute approximate surface area is 216 Å².